The van der Waals surface area contributed by atoms with E-state index in [1.54, 1.807) is 11.3 Å². The third-order valence-corrected chi connectivity index (χ3v) is 9.45. The van der Waals surface area contributed by atoms with Gasteiger partial charge in [0.1, 0.15) is 5.84 Å². The molecule has 2 aliphatic rings. The van der Waals surface area contributed by atoms with Crippen molar-refractivity contribution in [3.63, 3.8) is 0 Å². The molecule has 19 heteroatoms. The zero-order chi connectivity index (χ0) is 36.4. The molecule has 0 radical (unpaired) electrons. The monoisotopic (exact) mass is 750 g/mol. The maximum atomic E-state index is 14.0. The molecular weight excluding hydrogens is 712 g/mol. The van der Waals surface area contributed by atoms with Crippen LogP contribution in [0.5, 0.6) is 5.75 Å². The van der Waals surface area contributed by atoms with Gasteiger partial charge < -0.3 is 34.9 Å². The number of fused-ring (bicyclic) bond motifs is 1. The minimum atomic E-state index is -5.63. The third kappa shape index (κ3) is 10.8. The molecule has 13 nitrogen and oxygen atoms in total. The highest BCUT2D eigenvalue weighted by molar-refractivity contribution is 7.85. The van der Waals surface area contributed by atoms with Gasteiger partial charge >= 0.3 is 16.1 Å². The van der Waals surface area contributed by atoms with Crippen LogP contribution in [-0.4, -0.2) is 101 Å². The topological polar surface area (TPSA) is 179 Å². The standard InChI is InChI=1S/C31H38F4N4O9S2/c1-2-4-37-31(41)19-13-22-21(38-23(36)14-19)15-20(49-22)12-18-16-39(17-18)5-7-46-9-11-47-10-8-45-6-3-24(40)48-29-25(32)27(34)30(50(42,43)44)28(35)26(29)33/h13,15,18H,2-12,14,16-17H2,1H3,(H2,36,38)(H,37,41)(H,42,43,44). The van der Waals surface area contributed by atoms with Gasteiger partial charge in [-0.2, -0.15) is 17.2 Å². The maximum absolute atomic E-state index is 14.0. The van der Waals surface area contributed by atoms with Crippen LogP contribution in [0.2, 0.25) is 0 Å². The van der Waals surface area contributed by atoms with Crippen LogP contribution in [0, 0.1) is 29.2 Å². The highest BCUT2D eigenvalue weighted by Gasteiger charge is 2.34. The molecule has 0 atom stereocenters. The summed E-state index contributed by atoms with van der Waals surface area (Å²) in [5, 5.41) is 2.90. The summed E-state index contributed by atoms with van der Waals surface area (Å²) in [4.78, 5) is 31.0. The van der Waals surface area contributed by atoms with Crippen LogP contribution in [0.1, 0.15) is 35.9 Å². The molecule has 0 unspecified atom stereocenters. The molecule has 0 aliphatic carbocycles. The number of esters is 1. The van der Waals surface area contributed by atoms with Crippen LogP contribution < -0.4 is 15.8 Å². The van der Waals surface area contributed by atoms with Gasteiger partial charge in [0.25, 0.3) is 0 Å². The van der Waals surface area contributed by atoms with Crippen molar-refractivity contribution < 1.29 is 59.1 Å². The normalized spacial score (nSPS) is 15.2. The average Bonchev–Trinajstić information content (AvgIpc) is 3.32. The zero-order valence-corrected chi connectivity index (χ0v) is 28.8. The van der Waals surface area contributed by atoms with Gasteiger partial charge in [0, 0.05) is 43.1 Å². The van der Waals surface area contributed by atoms with E-state index in [4.69, 9.17) is 24.5 Å². The number of nitrogens with zero attached hydrogens (tertiary/aromatic N) is 2. The minimum absolute atomic E-state index is 0.0518. The predicted octanol–water partition coefficient (Wildman–Crippen LogP) is 3.37. The Kier molecular flexibility index (Phi) is 14.3. The Bertz CT molecular complexity index is 1680. The quantitative estimate of drug-likeness (QED) is 0.0479. The summed E-state index contributed by atoms with van der Waals surface area (Å²) in [7, 11) is -5.63. The van der Waals surface area contributed by atoms with Gasteiger partial charge in [-0.1, -0.05) is 6.92 Å². The number of carbonyl (C=O) groups is 2. The Labute approximate surface area is 290 Å². The Morgan fingerprint density at radius 1 is 1.02 bits per heavy atom. The summed E-state index contributed by atoms with van der Waals surface area (Å²) in [6.07, 6.45) is 3.43. The first kappa shape index (κ1) is 39.3. The Morgan fingerprint density at radius 2 is 1.64 bits per heavy atom. The van der Waals surface area contributed by atoms with Gasteiger partial charge in [-0.05, 0) is 30.9 Å². The zero-order valence-electron chi connectivity index (χ0n) is 27.1. The molecule has 4 N–H and O–H groups in total. The van der Waals surface area contributed by atoms with E-state index in [9.17, 15) is 35.6 Å². The highest BCUT2D eigenvalue weighted by Crippen LogP contribution is 2.37. The number of benzene rings is 1. The molecule has 1 aromatic heterocycles. The van der Waals surface area contributed by atoms with Crippen LogP contribution in [0.4, 0.5) is 23.2 Å². The molecule has 3 heterocycles. The van der Waals surface area contributed by atoms with E-state index in [-0.39, 0.29) is 32.3 Å². The summed E-state index contributed by atoms with van der Waals surface area (Å²) in [5.41, 5.74) is 7.49. The summed E-state index contributed by atoms with van der Waals surface area (Å²) in [6, 6.07) is 2.05. The summed E-state index contributed by atoms with van der Waals surface area (Å²) in [6.45, 7) is 6.34. The fourth-order valence-electron chi connectivity index (χ4n) is 5.07. The smallest absolute Gasteiger partial charge is 0.313 e. The van der Waals surface area contributed by atoms with E-state index >= 15 is 0 Å². The van der Waals surface area contributed by atoms with Crippen molar-refractivity contribution in [3.8, 4) is 5.75 Å². The van der Waals surface area contributed by atoms with Crippen LogP contribution in [0.25, 0.3) is 6.08 Å². The van der Waals surface area contributed by atoms with E-state index < -0.39 is 56.4 Å². The largest absolute Gasteiger partial charge is 0.420 e. The van der Waals surface area contributed by atoms with Crippen molar-refractivity contribution in [1.82, 2.24) is 10.2 Å². The molecule has 1 fully saturated rings. The number of likely N-dealkylation sites (tertiary alicyclic amines) is 1. The fraction of sp³-hybridized carbons (Fsp3) is 0.516. The maximum Gasteiger partial charge on any atom is 0.313 e. The molecule has 2 aliphatic heterocycles. The van der Waals surface area contributed by atoms with Crippen molar-refractivity contribution in [2.24, 2.45) is 16.6 Å². The average molecular weight is 751 g/mol. The number of nitrogens with two attached hydrogens (primary N) is 1. The summed E-state index contributed by atoms with van der Waals surface area (Å²) < 4.78 is 107. The Balaban J connectivity index is 1.03. The number of carbonyl (C=O) groups excluding carboxylic acids is 2. The van der Waals surface area contributed by atoms with Gasteiger partial charge in [0.2, 0.25) is 23.3 Å². The van der Waals surface area contributed by atoms with E-state index in [0.717, 1.165) is 43.0 Å². The van der Waals surface area contributed by atoms with E-state index in [2.05, 4.69) is 26.0 Å². The molecule has 4 rings (SSSR count). The van der Waals surface area contributed by atoms with Crippen molar-refractivity contribution in [1.29, 1.82) is 0 Å². The second-order valence-corrected chi connectivity index (χ2v) is 14.0. The lowest BCUT2D eigenvalue weighted by atomic mass is 9.95. The number of hydrogen-bond acceptors (Lipinski definition) is 12. The molecule has 1 aromatic carbocycles. The molecule has 1 saturated heterocycles. The number of aliphatic imine (C=N–C) groups is 1. The minimum Gasteiger partial charge on any atom is -0.420 e. The van der Waals surface area contributed by atoms with Crippen LogP contribution in [0.3, 0.4) is 0 Å². The molecule has 0 bridgehead atoms. The predicted molar refractivity (Wildman–Crippen MR) is 174 cm³/mol. The van der Waals surface area contributed by atoms with Gasteiger partial charge in [-0.15, -0.1) is 11.3 Å². The second-order valence-electron chi connectivity index (χ2n) is 11.4. The number of nitrogens with one attached hydrogen (secondary N) is 1. The number of amides is 1. The lowest BCUT2D eigenvalue weighted by molar-refractivity contribution is -0.136. The van der Waals surface area contributed by atoms with E-state index in [1.165, 1.54) is 4.88 Å². The van der Waals surface area contributed by atoms with Gasteiger partial charge in [-0.25, -0.2) is 13.8 Å². The highest BCUT2D eigenvalue weighted by atomic mass is 32.2. The lowest BCUT2D eigenvalue weighted by Crippen LogP contribution is -2.48. The Morgan fingerprint density at radius 3 is 2.26 bits per heavy atom. The number of ether oxygens (including phenoxy) is 4. The number of halogens is 4. The number of hydrogen-bond donors (Lipinski definition) is 3. The first-order valence-corrected chi connectivity index (χ1v) is 18.0. The Hall–Kier alpha value is -3.46. The first-order valence-electron chi connectivity index (χ1n) is 15.7. The molecule has 0 spiro atoms. The van der Waals surface area contributed by atoms with Crippen molar-refractivity contribution in [2.75, 3.05) is 65.8 Å². The molecule has 1 amide bonds. The van der Waals surface area contributed by atoms with Gasteiger partial charge in [0.05, 0.1) is 56.6 Å². The van der Waals surface area contributed by atoms with Gasteiger partial charge in [-0.3, -0.25) is 14.1 Å². The molecule has 2 aromatic rings. The van der Waals surface area contributed by atoms with E-state index in [0.29, 0.717) is 43.5 Å². The molecule has 0 saturated carbocycles. The molecular formula is C31H38F4N4O9S2. The van der Waals surface area contributed by atoms with Crippen LogP contribution in [0.15, 0.2) is 21.5 Å². The first-order chi connectivity index (χ1) is 23.8. The third-order valence-electron chi connectivity index (χ3n) is 7.49. The van der Waals surface area contributed by atoms with Gasteiger partial charge in [0.15, 0.2) is 16.5 Å². The second kappa shape index (κ2) is 18.2. The lowest BCUT2D eigenvalue weighted by Gasteiger charge is -2.39. The fourth-order valence-corrected chi connectivity index (χ4v) is 6.89. The van der Waals surface area contributed by atoms with Crippen molar-refractivity contribution >= 4 is 50.9 Å². The summed E-state index contributed by atoms with van der Waals surface area (Å²) in [5.74, 6) is -11.8. The number of thiophene rings is 1. The number of rotatable bonds is 19. The summed E-state index contributed by atoms with van der Waals surface area (Å²) >= 11 is 1.64. The van der Waals surface area contributed by atoms with Crippen molar-refractivity contribution in [3.05, 3.63) is 44.7 Å². The SMILES string of the molecule is CCCNC(=O)C1=Cc2sc(CC3CN(CCOCCOCCOCCC(=O)Oc4c(F)c(F)c(S(=O)(=O)O)c(F)c4F)C3)cc2N=C(N)C1. The van der Waals surface area contributed by atoms with Crippen LogP contribution >= 0.6 is 11.3 Å². The number of amidine groups is 1. The van der Waals surface area contributed by atoms with Crippen molar-refractivity contribution in [2.45, 2.75) is 37.5 Å². The molecule has 50 heavy (non-hydrogen) atoms. The van der Waals surface area contributed by atoms with E-state index in [1.807, 2.05) is 13.0 Å². The van der Waals surface area contributed by atoms with Crippen LogP contribution in [-0.2, 0) is 40.3 Å². The molecule has 276 valence electrons.